The number of alkyl halides is 3. The van der Waals surface area contributed by atoms with Crippen LogP contribution in [-0.4, -0.2) is 18.2 Å². The Labute approximate surface area is 62.8 Å². The highest BCUT2D eigenvalue weighted by Gasteiger charge is 2.29. The van der Waals surface area contributed by atoms with Crippen molar-refractivity contribution < 1.29 is 13.2 Å². The predicted molar refractivity (Wildman–Crippen MR) is 36.3 cm³/mol. The number of hydrogen-bond donors (Lipinski definition) is 1. The van der Waals surface area contributed by atoms with Gasteiger partial charge in [0.25, 0.3) is 0 Å². The molecule has 0 amide bonds. The number of allylic oxidation sites excluding steroid dienone is 2. The largest absolute Gasteiger partial charge is 0.415 e. The highest BCUT2D eigenvalue weighted by atomic mass is 19.4. The van der Waals surface area contributed by atoms with E-state index in [1.807, 2.05) is 0 Å². The molecule has 0 spiro atoms. The molecule has 0 saturated carbocycles. The van der Waals surface area contributed by atoms with Crippen LogP contribution in [0, 0.1) is 0 Å². The minimum atomic E-state index is -4.37. The van der Waals surface area contributed by atoms with E-state index in [-0.39, 0.29) is 0 Å². The highest BCUT2D eigenvalue weighted by molar-refractivity contribution is 5.18. The van der Waals surface area contributed by atoms with Gasteiger partial charge in [-0.05, 0) is 6.08 Å². The zero-order chi connectivity index (χ0) is 9.07. The van der Waals surface area contributed by atoms with Crippen LogP contribution in [-0.2, 0) is 0 Å². The molecule has 64 valence electrons. The third kappa shape index (κ3) is 4.44. The van der Waals surface area contributed by atoms with E-state index in [1.165, 1.54) is 7.05 Å². The van der Waals surface area contributed by atoms with E-state index in [0.29, 0.717) is 0 Å². The van der Waals surface area contributed by atoms with Crippen LogP contribution < -0.4 is 5.84 Å². The van der Waals surface area contributed by atoms with Gasteiger partial charge in [0.05, 0.1) is 0 Å². The summed E-state index contributed by atoms with van der Waals surface area (Å²) < 4.78 is 35.1. The zero-order valence-corrected chi connectivity index (χ0v) is 6.02. The van der Waals surface area contributed by atoms with Crippen LogP contribution in [0.3, 0.4) is 0 Å². The number of hydrogen-bond acceptors (Lipinski definition) is 2. The van der Waals surface area contributed by atoms with Crippen molar-refractivity contribution >= 4 is 0 Å². The molecule has 0 saturated heterocycles. The standard InChI is InChI=1S/C6H9F3N2/c1-5(6(7,8)9)3-4-11(2)10/h3-4H,1,10H2,2H3/b4-3-. The van der Waals surface area contributed by atoms with Crippen molar-refractivity contribution in [2.45, 2.75) is 6.18 Å². The second-order valence-corrected chi connectivity index (χ2v) is 2.00. The van der Waals surface area contributed by atoms with Crippen LogP contribution in [0.15, 0.2) is 24.4 Å². The molecule has 0 fully saturated rings. The van der Waals surface area contributed by atoms with Gasteiger partial charge in [0, 0.05) is 18.8 Å². The van der Waals surface area contributed by atoms with E-state index >= 15 is 0 Å². The van der Waals surface area contributed by atoms with E-state index in [1.54, 1.807) is 0 Å². The lowest BCUT2D eigenvalue weighted by Gasteiger charge is -2.07. The number of hydrazine groups is 1. The van der Waals surface area contributed by atoms with Crippen LogP contribution in [0.4, 0.5) is 13.2 Å². The Balaban J connectivity index is 4.09. The van der Waals surface area contributed by atoms with Crippen LogP contribution in [0.1, 0.15) is 0 Å². The molecule has 0 rings (SSSR count). The Morgan fingerprint density at radius 1 is 1.55 bits per heavy atom. The van der Waals surface area contributed by atoms with Crippen molar-refractivity contribution in [2.24, 2.45) is 5.84 Å². The maximum absolute atomic E-state index is 11.7. The molecule has 0 aliphatic carbocycles. The Bertz CT molecular complexity index is 169. The summed E-state index contributed by atoms with van der Waals surface area (Å²) in [6.07, 6.45) is -2.48. The number of nitrogens with two attached hydrogens (primary N) is 1. The summed E-state index contributed by atoms with van der Waals surface area (Å²) in [7, 11) is 1.42. The molecule has 5 heteroatoms. The fourth-order valence-electron chi connectivity index (χ4n) is 0.302. The van der Waals surface area contributed by atoms with Gasteiger partial charge in [-0.25, -0.2) is 5.84 Å². The average molecular weight is 166 g/mol. The molecule has 0 bridgehead atoms. The van der Waals surface area contributed by atoms with Gasteiger partial charge < -0.3 is 5.01 Å². The summed E-state index contributed by atoms with van der Waals surface area (Å²) in [6.45, 7) is 2.80. The zero-order valence-electron chi connectivity index (χ0n) is 6.02. The molecular weight excluding hydrogens is 157 g/mol. The second kappa shape index (κ2) is 3.43. The van der Waals surface area contributed by atoms with Gasteiger partial charge in [-0.2, -0.15) is 13.2 Å². The van der Waals surface area contributed by atoms with Crippen molar-refractivity contribution in [2.75, 3.05) is 7.05 Å². The van der Waals surface area contributed by atoms with E-state index in [0.717, 1.165) is 17.3 Å². The minimum Gasteiger partial charge on any atom is -0.321 e. The third-order valence-corrected chi connectivity index (χ3v) is 0.875. The number of nitrogens with zero attached hydrogens (tertiary/aromatic N) is 1. The van der Waals surface area contributed by atoms with Gasteiger partial charge in [0.2, 0.25) is 0 Å². The fourth-order valence-corrected chi connectivity index (χ4v) is 0.302. The lowest BCUT2D eigenvalue weighted by Crippen LogP contribution is -2.19. The Morgan fingerprint density at radius 3 is 2.27 bits per heavy atom. The summed E-state index contributed by atoms with van der Waals surface area (Å²) in [4.78, 5) is 0. The first-order valence-corrected chi connectivity index (χ1v) is 2.76. The van der Waals surface area contributed by atoms with Gasteiger partial charge in [0.1, 0.15) is 0 Å². The van der Waals surface area contributed by atoms with Crippen molar-refractivity contribution in [3.05, 3.63) is 24.4 Å². The normalized spacial score (nSPS) is 12.1. The monoisotopic (exact) mass is 166 g/mol. The molecule has 0 aromatic heterocycles. The molecule has 11 heavy (non-hydrogen) atoms. The first kappa shape index (κ1) is 10.0. The topological polar surface area (TPSA) is 29.3 Å². The molecule has 2 N–H and O–H groups in total. The first-order valence-electron chi connectivity index (χ1n) is 2.76. The quantitative estimate of drug-likeness (QED) is 0.382. The predicted octanol–water partition coefficient (Wildman–Crippen LogP) is 1.42. The van der Waals surface area contributed by atoms with Gasteiger partial charge in [0.15, 0.2) is 0 Å². The number of rotatable bonds is 2. The Hall–Kier alpha value is -0.970. The van der Waals surface area contributed by atoms with Gasteiger partial charge in [-0.15, -0.1) is 0 Å². The van der Waals surface area contributed by atoms with Crippen molar-refractivity contribution in [3.8, 4) is 0 Å². The molecule has 0 unspecified atom stereocenters. The second-order valence-electron chi connectivity index (χ2n) is 2.00. The summed E-state index contributed by atoms with van der Waals surface area (Å²) in [5.74, 6) is 5.02. The van der Waals surface area contributed by atoms with Crippen molar-refractivity contribution in [3.63, 3.8) is 0 Å². The van der Waals surface area contributed by atoms with Gasteiger partial charge in [-0.1, -0.05) is 6.58 Å². The maximum atomic E-state index is 11.7. The smallest absolute Gasteiger partial charge is 0.321 e. The molecule has 0 atom stereocenters. The third-order valence-electron chi connectivity index (χ3n) is 0.875. The van der Waals surface area contributed by atoms with Crippen molar-refractivity contribution in [1.29, 1.82) is 0 Å². The Morgan fingerprint density at radius 2 is 2.00 bits per heavy atom. The number of halogens is 3. The average Bonchev–Trinajstić information content (AvgIpc) is 1.80. The molecule has 2 nitrogen and oxygen atoms in total. The van der Waals surface area contributed by atoms with E-state index < -0.39 is 11.7 Å². The van der Waals surface area contributed by atoms with Crippen LogP contribution in [0.25, 0.3) is 0 Å². The molecule has 0 heterocycles. The van der Waals surface area contributed by atoms with Gasteiger partial charge >= 0.3 is 6.18 Å². The fraction of sp³-hybridized carbons (Fsp3) is 0.333. The van der Waals surface area contributed by atoms with E-state index in [4.69, 9.17) is 5.84 Å². The van der Waals surface area contributed by atoms with Crippen LogP contribution >= 0.6 is 0 Å². The molecular formula is C6H9F3N2. The van der Waals surface area contributed by atoms with E-state index in [2.05, 4.69) is 6.58 Å². The lowest BCUT2D eigenvalue weighted by atomic mass is 10.3. The molecule has 0 aromatic rings. The molecule has 0 aromatic carbocycles. The summed E-state index contributed by atoms with van der Waals surface area (Å²) in [6, 6.07) is 0. The first-order chi connectivity index (χ1) is 4.84. The van der Waals surface area contributed by atoms with Gasteiger partial charge in [-0.3, -0.25) is 0 Å². The summed E-state index contributed by atoms with van der Waals surface area (Å²) >= 11 is 0. The van der Waals surface area contributed by atoms with E-state index in [9.17, 15) is 13.2 Å². The molecule has 0 radical (unpaired) electrons. The summed E-state index contributed by atoms with van der Waals surface area (Å²) in [5.41, 5.74) is -0.921. The SMILES string of the molecule is C=C(/C=C\N(C)N)C(F)(F)F. The summed E-state index contributed by atoms with van der Waals surface area (Å²) in [5, 5.41) is 1.01. The molecule has 0 aliphatic heterocycles. The van der Waals surface area contributed by atoms with Crippen LogP contribution in [0.5, 0.6) is 0 Å². The van der Waals surface area contributed by atoms with Crippen molar-refractivity contribution in [1.82, 2.24) is 5.01 Å². The Kier molecular flexibility index (Phi) is 3.13. The minimum absolute atomic E-state index is 0.806. The van der Waals surface area contributed by atoms with Crippen LogP contribution in [0.2, 0.25) is 0 Å². The lowest BCUT2D eigenvalue weighted by molar-refractivity contribution is -0.0878. The maximum Gasteiger partial charge on any atom is 0.415 e. The molecule has 0 aliphatic rings. The highest BCUT2D eigenvalue weighted by Crippen LogP contribution is 2.24.